The molecule has 0 spiro atoms. The van der Waals surface area contributed by atoms with Crippen LogP contribution in [0.5, 0.6) is 0 Å². The Morgan fingerprint density at radius 3 is 2.11 bits per heavy atom. The molecule has 1 saturated heterocycles. The van der Waals surface area contributed by atoms with Crippen molar-refractivity contribution in [2.24, 2.45) is 0 Å². The first-order valence-electron chi connectivity index (χ1n) is 8.20. The molecule has 0 N–H and O–H groups in total. The highest BCUT2D eigenvalue weighted by Crippen LogP contribution is 2.25. The number of nitrogens with zero attached hydrogens (tertiary/aromatic N) is 3. The lowest BCUT2D eigenvalue weighted by Gasteiger charge is -2.34. The number of hydrogen-bond acceptors (Lipinski definition) is 5. The lowest BCUT2D eigenvalue weighted by atomic mass is 10.1. The predicted molar refractivity (Wildman–Crippen MR) is 94.1 cm³/mol. The Balaban J connectivity index is 1.78. The van der Waals surface area contributed by atoms with E-state index in [1.807, 2.05) is 0 Å². The van der Waals surface area contributed by atoms with Crippen molar-refractivity contribution in [3.05, 3.63) is 69.8 Å². The summed E-state index contributed by atoms with van der Waals surface area (Å²) in [6, 6.07) is 8.21. The number of carbonyl (C=O) groups excluding carboxylic acids is 1. The molecule has 0 saturated carbocycles. The van der Waals surface area contributed by atoms with Crippen molar-refractivity contribution in [3.8, 4) is 0 Å². The average molecular weight is 411 g/mol. The van der Waals surface area contributed by atoms with Gasteiger partial charge in [0, 0.05) is 32.2 Å². The second-order valence-corrected chi connectivity index (χ2v) is 7.90. The van der Waals surface area contributed by atoms with E-state index in [0.717, 1.165) is 22.5 Å². The van der Waals surface area contributed by atoms with E-state index in [2.05, 4.69) is 0 Å². The van der Waals surface area contributed by atoms with Gasteiger partial charge in [-0.3, -0.25) is 14.9 Å². The topological polar surface area (TPSA) is 101 Å². The van der Waals surface area contributed by atoms with Gasteiger partial charge in [-0.05, 0) is 18.2 Å². The largest absolute Gasteiger partial charge is 0.336 e. The predicted octanol–water partition coefficient (Wildman–Crippen LogP) is 2.02. The normalized spacial score (nSPS) is 15.4. The minimum atomic E-state index is -4.42. The van der Waals surface area contributed by atoms with Crippen LogP contribution in [0.2, 0.25) is 0 Å². The SMILES string of the molecule is O=C(c1ccccc1[N+](=O)[O-])N1CCN(S(=O)(=O)c2c(F)cccc2F)CC1. The van der Waals surface area contributed by atoms with Crippen LogP contribution in [-0.4, -0.2) is 54.6 Å². The number of halogens is 2. The Morgan fingerprint density at radius 2 is 1.54 bits per heavy atom. The third-order valence-electron chi connectivity index (χ3n) is 4.37. The smallest absolute Gasteiger partial charge is 0.282 e. The molecule has 28 heavy (non-hydrogen) atoms. The summed E-state index contributed by atoms with van der Waals surface area (Å²) in [7, 11) is -4.42. The van der Waals surface area contributed by atoms with E-state index in [0.29, 0.717) is 0 Å². The van der Waals surface area contributed by atoms with Crippen LogP contribution in [-0.2, 0) is 10.0 Å². The highest BCUT2D eigenvalue weighted by Gasteiger charge is 2.35. The quantitative estimate of drug-likeness (QED) is 0.566. The molecule has 0 unspecified atom stereocenters. The lowest BCUT2D eigenvalue weighted by Crippen LogP contribution is -2.50. The Bertz CT molecular complexity index is 1020. The summed E-state index contributed by atoms with van der Waals surface area (Å²) in [5.74, 6) is -3.00. The Kier molecular flexibility index (Phi) is 5.38. The van der Waals surface area contributed by atoms with Crippen LogP contribution in [0.25, 0.3) is 0 Å². The maximum Gasteiger partial charge on any atom is 0.282 e. The molecule has 11 heteroatoms. The Labute approximate surface area is 159 Å². The monoisotopic (exact) mass is 411 g/mol. The van der Waals surface area contributed by atoms with E-state index in [-0.39, 0.29) is 37.4 Å². The number of rotatable bonds is 4. The van der Waals surface area contributed by atoms with E-state index in [1.54, 1.807) is 0 Å². The summed E-state index contributed by atoms with van der Waals surface area (Å²) in [4.78, 5) is 23.2. The molecule has 1 fully saturated rings. The third-order valence-corrected chi connectivity index (χ3v) is 6.32. The number of nitro benzene ring substituents is 1. The van der Waals surface area contributed by atoms with Gasteiger partial charge in [-0.25, -0.2) is 17.2 Å². The van der Waals surface area contributed by atoms with E-state index in [9.17, 15) is 32.1 Å². The molecule has 1 amide bonds. The highest BCUT2D eigenvalue weighted by atomic mass is 32.2. The summed E-state index contributed by atoms with van der Waals surface area (Å²) < 4.78 is 53.8. The zero-order valence-corrected chi connectivity index (χ0v) is 15.2. The molecule has 148 valence electrons. The molecule has 1 heterocycles. The molecule has 3 rings (SSSR count). The van der Waals surface area contributed by atoms with Gasteiger partial charge in [0.15, 0.2) is 4.90 Å². The van der Waals surface area contributed by atoms with Crippen LogP contribution in [0.3, 0.4) is 0 Å². The molecule has 0 atom stereocenters. The number of nitro groups is 1. The number of piperazine rings is 1. The maximum atomic E-state index is 13.9. The minimum absolute atomic E-state index is 0.0693. The zero-order chi connectivity index (χ0) is 20.5. The molecule has 1 aliphatic rings. The molecule has 0 bridgehead atoms. The molecule has 1 aliphatic heterocycles. The number of amides is 1. The number of carbonyl (C=O) groups is 1. The molecule has 2 aromatic rings. The second kappa shape index (κ2) is 7.60. The molecular formula is C17H15F2N3O5S. The van der Waals surface area contributed by atoms with E-state index in [4.69, 9.17) is 0 Å². The van der Waals surface area contributed by atoms with Gasteiger partial charge in [-0.1, -0.05) is 18.2 Å². The van der Waals surface area contributed by atoms with Gasteiger partial charge in [0.25, 0.3) is 11.6 Å². The van der Waals surface area contributed by atoms with Gasteiger partial charge in [0.2, 0.25) is 10.0 Å². The summed E-state index contributed by atoms with van der Waals surface area (Å²) in [6.45, 7) is -0.522. The van der Waals surface area contributed by atoms with Crippen molar-refractivity contribution in [1.82, 2.24) is 9.21 Å². The van der Waals surface area contributed by atoms with Crippen LogP contribution in [0.1, 0.15) is 10.4 Å². The maximum absolute atomic E-state index is 13.9. The second-order valence-electron chi connectivity index (χ2n) is 6.02. The highest BCUT2D eigenvalue weighted by molar-refractivity contribution is 7.89. The molecule has 0 aliphatic carbocycles. The van der Waals surface area contributed by atoms with E-state index >= 15 is 0 Å². The fourth-order valence-electron chi connectivity index (χ4n) is 2.97. The summed E-state index contributed by atoms with van der Waals surface area (Å²) in [6.07, 6.45) is 0. The zero-order valence-electron chi connectivity index (χ0n) is 14.4. The fraction of sp³-hybridized carbons (Fsp3) is 0.235. The van der Waals surface area contributed by atoms with Crippen LogP contribution in [0.4, 0.5) is 14.5 Å². The Hall–Kier alpha value is -2.92. The third kappa shape index (κ3) is 3.58. The van der Waals surface area contributed by atoms with Crippen molar-refractivity contribution < 1.29 is 26.9 Å². The van der Waals surface area contributed by atoms with Crippen molar-refractivity contribution >= 4 is 21.6 Å². The molecule has 0 radical (unpaired) electrons. The first-order valence-corrected chi connectivity index (χ1v) is 9.64. The van der Waals surface area contributed by atoms with Gasteiger partial charge in [0.05, 0.1) is 4.92 Å². The van der Waals surface area contributed by atoms with Crippen molar-refractivity contribution in [2.75, 3.05) is 26.2 Å². The molecule has 0 aromatic heterocycles. The van der Waals surface area contributed by atoms with Crippen molar-refractivity contribution in [3.63, 3.8) is 0 Å². The van der Waals surface area contributed by atoms with Gasteiger partial charge < -0.3 is 4.90 Å². The molecule has 8 nitrogen and oxygen atoms in total. The summed E-state index contributed by atoms with van der Waals surface area (Å²) >= 11 is 0. The van der Waals surface area contributed by atoms with Gasteiger partial charge in [0.1, 0.15) is 17.2 Å². The average Bonchev–Trinajstić information content (AvgIpc) is 2.67. The van der Waals surface area contributed by atoms with E-state index in [1.165, 1.54) is 29.2 Å². The first kappa shape index (κ1) is 19.8. The van der Waals surface area contributed by atoms with Crippen LogP contribution in [0.15, 0.2) is 47.4 Å². The minimum Gasteiger partial charge on any atom is -0.336 e. The standard InChI is InChI=1S/C17H15F2N3O5S/c18-13-5-3-6-14(19)16(13)28(26,27)21-10-8-20(9-11-21)17(23)12-4-1-2-7-15(12)22(24)25/h1-7H,8-11H2. The number of hydrogen-bond donors (Lipinski definition) is 0. The van der Waals surface area contributed by atoms with Crippen LogP contribution >= 0.6 is 0 Å². The van der Waals surface area contributed by atoms with Gasteiger partial charge >= 0.3 is 0 Å². The van der Waals surface area contributed by atoms with Crippen molar-refractivity contribution in [2.45, 2.75) is 4.90 Å². The van der Waals surface area contributed by atoms with Crippen LogP contribution in [0, 0.1) is 21.7 Å². The van der Waals surface area contributed by atoms with Crippen LogP contribution < -0.4 is 0 Å². The first-order chi connectivity index (χ1) is 13.2. The summed E-state index contributed by atoms with van der Waals surface area (Å²) in [5, 5.41) is 11.1. The van der Waals surface area contributed by atoms with Gasteiger partial charge in [-0.15, -0.1) is 0 Å². The lowest BCUT2D eigenvalue weighted by molar-refractivity contribution is -0.385. The number of sulfonamides is 1. The van der Waals surface area contributed by atoms with E-state index < -0.39 is 37.4 Å². The molecule has 2 aromatic carbocycles. The Morgan fingerprint density at radius 1 is 0.964 bits per heavy atom. The fourth-order valence-corrected chi connectivity index (χ4v) is 4.50. The number of para-hydroxylation sites is 1. The molecular weight excluding hydrogens is 396 g/mol. The number of benzene rings is 2. The van der Waals surface area contributed by atoms with Crippen molar-refractivity contribution in [1.29, 1.82) is 0 Å². The van der Waals surface area contributed by atoms with Gasteiger partial charge in [-0.2, -0.15) is 4.31 Å². The summed E-state index contributed by atoms with van der Waals surface area (Å²) in [5.41, 5.74) is -0.458.